The number of fused-ring (bicyclic) bond motifs is 1. The number of carbonyl (C=O) groups is 2. The Kier molecular flexibility index (Phi) is 5.03. The topological polar surface area (TPSA) is 64.6 Å². The Morgan fingerprint density at radius 1 is 1.16 bits per heavy atom. The predicted molar refractivity (Wildman–Crippen MR) is 95.1 cm³/mol. The molecular formula is C20H21NO4. The van der Waals surface area contributed by atoms with E-state index in [1.165, 1.54) is 25.3 Å². The average molecular weight is 339 g/mol. The molecule has 1 unspecified atom stereocenters. The number of hydrogen-bond acceptors (Lipinski definition) is 4. The molecule has 0 fully saturated rings. The van der Waals surface area contributed by atoms with Gasteiger partial charge in [0.25, 0.3) is 0 Å². The second-order valence-electron chi connectivity index (χ2n) is 6.09. The third kappa shape index (κ3) is 3.65. The van der Waals surface area contributed by atoms with Crippen molar-refractivity contribution in [1.82, 2.24) is 0 Å². The lowest BCUT2D eigenvalue weighted by Crippen LogP contribution is -2.17. The van der Waals surface area contributed by atoms with Crippen LogP contribution in [0.15, 0.2) is 42.5 Å². The molecule has 3 rings (SSSR count). The number of carbonyl (C=O) groups excluding carboxylic acids is 2. The van der Waals surface area contributed by atoms with Crippen LogP contribution in [-0.2, 0) is 16.0 Å². The number of esters is 1. The number of nitrogens with one attached hydrogen (secondary N) is 1. The predicted octanol–water partition coefficient (Wildman–Crippen LogP) is 3.54. The van der Waals surface area contributed by atoms with Gasteiger partial charge in [0.05, 0.1) is 25.5 Å². The summed E-state index contributed by atoms with van der Waals surface area (Å²) in [4.78, 5) is 24.5. The average Bonchev–Trinajstić information content (AvgIpc) is 3.04. The molecule has 0 saturated heterocycles. The van der Waals surface area contributed by atoms with Gasteiger partial charge >= 0.3 is 5.97 Å². The summed E-state index contributed by atoms with van der Waals surface area (Å²) < 4.78 is 9.93. The second-order valence-corrected chi connectivity index (χ2v) is 6.09. The van der Waals surface area contributed by atoms with Gasteiger partial charge in [-0.2, -0.15) is 0 Å². The zero-order chi connectivity index (χ0) is 17.8. The summed E-state index contributed by atoms with van der Waals surface area (Å²) in [5.74, 6) is 0.122. The highest BCUT2D eigenvalue weighted by molar-refractivity contribution is 6.01. The maximum Gasteiger partial charge on any atom is 0.340 e. The van der Waals surface area contributed by atoms with E-state index in [4.69, 9.17) is 9.47 Å². The Morgan fingerprint density at radius 3 is 2.72 bits per heavy atom. The van der Waals surface area contributed by atoms with E-state index in [1.807, 2.05) is 12.1 Å². The van der Waals surface area contributed by atoms with Crippen molar-refractivity contribution in [2.24, 2.45) is 0 Å². The number of aryl methyl sites for hydroxylation is 1. The minimum absolute atomic E-state index is 0.114. The van der Waals surface area contributed by atoms with Crippen molar-refractivity contribution < 1.29 is 19.1 Å². The highest BCUT2D eigenvalue weighted by atomic mass is 16.5. The lowest BCUT2D eigenvalue weighted by molar-refractivity contribution is -0.116. The van der Waals surface area contributed by atoms with Crippen LogP contribution in [0.5, 0.6) is 5.75 Å². The zero-order valence-corrected chi connectivity index (χ0v) is 14.4. The minimum atomic E-state index is -0.514. The monoisotopic (exact) mass is 339 g/mol. The van der Waals surface area contributed by atoms with Crippen molar-refractivity contribution in [1.29, 1.82) is 0 Å². The fourth-order valence-electron chi connectivity index (χ4n) is 3.32. The Hall–Kier alpha value is -2.82. The van der Waals surface area contributed by atoms with E-state index in [-0.39, 0.29) is 17.4 Å². The van der Waals surface area contributed by atoms with Gasteiger partial charge in [0, 0.05) is 6.42 Å². The van der Waals surface area contributed by atoms with Gasteiger partial charge < -0.3 is 14.8 Å². The van der Waals surface area contributed by atoms with Gasteiger partial charge in [-0.3, -0.25) is 4.79 Å². The SMILES string of the molecule is COC(=O)c1cc(OC)ccc1NC(=O)CC1CCc2ccccc21. The first-order valence-electron chi connectivity index (χ1n) is 8.26. The number of ether oxygens (including phenoxy) is 2. The summed E-state index contributed by atoms with van der Waals surface area (Å²) in [6, 6.07) is 13.2. The van der Waals surface area contributed by atoms with Crippen molar-refractivity contribution in [2.75, 3.05) is 19.5 Å². The summed E-state index contributed by atoms with van der Waals surface area (Å²) in [6.07, 6.45) is 2.37. The quantitative estimate of drug-likeness (QED) is 0.846. The summed E-state index contributed by atoms with van der Waals surface area (Å²) in [5.41, 5.74) is 3.28. The number of rotatable bonds is 5. The Bertz CT molecular complexity index is 800. The second kappa shape index (κ2) is 7.38. The van der Waals surface area contributed by atoms with Crippen molar-refractivity contribution in [3.8, 4) is 5.75 Å². The van der Waals surface area contributed by atoms with Crippen molar-refractivity contribution in [2.45, 2.75) is 25.2 Å². The third-order valence-corrected chi connectivity index (χ3v) is 4.59. The largest absolute Gasteiger partial charge is 0.497 e. The molecule has 0 bridgehead atoms. The van der Waals surface area contributed by atoms with Crippen molar-refractivity contribution in [3.05, 3.63) is 59.2 Å². The molecule has 0 heterocycles. The fraction of sp³-hybridized carbons (Fsp3) is 0.300. The first kappa shape index (κ1) is 17.0. The molecular weight excluding hydrogens is 318 g/mol. The van der Waals surface area contributed by atoms with Gasteiger partial charge in [0.15, 0.2) is 0 Å². The van der Waals surface area contributed by atoms with Gasteiger partial charge in [-0.25, -0.2) is 4.79 Å². The molecule has 2 aromatic carbocycles. The molecule has 1 aliphatic rings. The first-order valence-corrected chi connectivity index (χ1v) is 8.26. The molecule has 1 aliphatic carbocycles. The molecule has 1 atom stereocenters. The smallest absolute Gasteiger partial charge is 0.340 e. The molecule has 0 aromatic heterocycles. The number of methoxy groups -OCH3 is 2. The van der Waals surface area contributed by atoms with Gasteiger partial charge in [0.1, 0.15) is 5.75 Å². The maximum atomic E-state index is 12.5. The van der Waals surface area contributed by atoms with E-state index in [1.54, 1.807) is 18.2 Å². The van der Waals surface area contributed by atoms with Gasteiger partial charge in [-0.1, -0.05) is 24.3 Å². The Balaban J connectivity index is 1.74. The summed E-state index contributed by atoms with van der Waals surface area (Å²) in [6.45, 7) is 0. The molecule has 1 amide bonds. The van der Waals surface area contributed by atoms with E-state index in [0.717, 1.165) is 12.8 Å². The number of hydrogen-bond donors (Lipinski definition) is 1. The van der Waals surface area contributed by atoms with Crippen molar-refractivity contribution >= 4 is 17.6 Å². The number of amides is 1. The van der Waals surface area contributed by atoms with Gasteiger partial charge in [-0.05, 0) is 48.1 Å². The number of anilines is 1. The summed E-state index contributed by atoms with van der Waals surface area (Å²) in [7, 11) is 2.83. The highest BCUT2D eigenvalue weighted by Gasteiger charge is 2.25. The van der Waals surface area contributed by atoms with Crippen LogP contribution in [-0.4, -0.2) is 26.1 Å². The molecule has 0 spiro atoms. The van der Waals surface area contributed by atoms with E-state index in [0.29, 0.717) is 17.9 Å². The first-order chi connectivity index (χ1) is 12.1. The van der Waals surface area contributed by atoms with Crippen LogP contribution in [0.2, 0.25) is 0 Å². The van der Waals surface area contributed by atoms with E-state index in [9.17, 15) is 9.59 Å². The van der Waals surface area contributed by atoms with Crippen LogP contribution < -0.4 is 10.1 Å². The highest BCUT2D eigenvalue weighted by Crippen LogP contribution is 2.35. The molecule has 0 radical (unpaired) electrons. The van der Waals surface area contributed by atoms with Crippen molar-refractivity contribution in [3.63, 3.8) is 0 Å². The summed E-state index contributed by atoms with van der Waals surface area (Å²) in [5, 5.41) is 2.84. The zero-order valence-electron chi connectivity index (χ0n) is 14.4. The lowest BCUT2D eigenvalue weighted by Gasteiger charge is -2.14. The molecule has 5 nitrogen and oxygen atoms in total. The van der Waals surface area contributed by atoms with E-state index < -0.39 is 5.97 Å². The standard InChI is InChI=1S/C20H21NO4/c1-24-15-9-10-18(17(12-15)20(23)25-2)21-19(22)11-14-8-7-13-5-3-4-6-16(13)14/h3-6,9-10,12,14H,7-8,11H2,1-2H3,(H,21,22). The molecule has 0 aliphatic heterocycles. The normalized spacial score (nSPS) is 15.4. The Labute approximate surface area is 147 Å². The molecule has 0 saturated carbocycles. The van der Waals surface area contributed by atoms with Crippen LogP contribution >= 0.6 is 0 Å². The van der Waals surface area contributed by atoms with Gasteiger partial charge in [-0.15, -0.1) is 0 Å². The maximum absolute atomic E-state index is 12.5. The van der Waals surface area contributed by atoms with Crippen LogP contribution in [0, 0.1) is 0 Å². The van der Waals surface area contributed by atoms with Crippen LogP contribution in [0.25, 0.3) is 0 Å². The number of benzene rings is 2. The molecule has 25 heavy (non-hydrogen) atoms. The van der Waals surface area contributed by atoms with Crippen LogP contribution in [0.1, 0.15) is 40.2 Å². The minimum Gasteiger partial charge on any atom is -0.497 e. The van der Waals surface area contributed by atoms with Crippen LogP contribution in [0.4, 0.5) is 5.69 Å². The third-order valence-electron chi connectivity index (χ3n) is 4.59. The van der Waals surface area contributed by atoms with E-state index in [2.05, 4.69) is 17.4 Å². The van der Waals surface area contributed by atoms with Gasteiger partial charge in [0.2, 0.25) is 5.91 Å². The van der Waals surface area contributed by atoms with E-state index >= 15 is 0 Å². The molecule has 5 heteroatoms. The molecule has 130 valence electrons. The summed E-state index contributed by atoms with van der Waals surface area (Å²) >= 11 is 0. The molecule has 2 aromatic rings. The molecule has 1 N–H and O–H groups in total. The fourth-order valence-corrected chi connectivity index (χ4v) is 3.32. The lowest BCUT2D eigenvalue weighted by atomic mass is 9.97. The Morgan fingerprint density at radius 2 is 1.96 bits per heavy atom. The van der Waals surface area contributed by atoms with Crippen LogP contribution in [0.3, 0.4) is 0 Å².